The molecular formula is C23H28F3N3O4S2. The summed E-state index contributed by atoms with van der Waals surface area (Å²) in [6.07, 6.45) is -5.18. The van der Waals surface area contributed by atoms with E-state index in [-0.39, 0.29) is 18.7 Å². The van der Waals surface area contributed by atoms with Crippen molar-refractivity contribution >= 4 is 40.9 Å². The normalized spacial score (nSPS) is 12.6. The average Bonchev–Trinajstić information content (AvgIpc) is 3.24. The zero-order chi connectivity index (χ0) is 26.1. The molecule has 1 aromatic carbocycles. The highest BCUT2D eigenvalue weighted by atomic mass is 32.2. The van der Waals surface area contributed by atoms with E-state index in [1.165, 1.54) is 11.3 Å². The van der Waals surface area contributed by atoms with Gasteiger partial charge in [0, 0.05) is 10.9 Å². The van der Waals surface area contributed by atoms with E-state index in [9.17, 15) is 27.6 Å². The monoisotopic (exact) mass is 531 g/mol. The maximum absolute atomic E-state index is 12.8. The molecule has 0 bridgehead atoms. The Hall–Kier alpha value is -2.60. The number of carbonyl (C=O) groups excluding carboxylic acids is 3. The van der Waals surface area contributed by atoms with E-state index >= 15 is 0 Å². The maximum atomic E-state index is 12.8. The van der Waals surface area contributed by atoms with Crippen molar-refractivity contribution in [1.82, 2.24) is 15.6 Å². The number of amides is 2. The quantitative estimate of drug-likeness (QED) is 0.398. The molecule has 0 radical (unpaired) electrons. The number of carbonyl (C=O) groups is 3. The van der Waals surface area contributed by atoms with Crippen LogP contribution in [0.2, 0.25) is 0 Å². The predicted molar refractivity (Wildman–Crippen MR) is 130 cm³/mol. The molecule has 12 heteroatoms. The largest absolute Gasteiger partial charge is 0.450 e. The zero-order valence-electron chi connectivity index (χ0n) is 19.6. The Morgan fingerprint density at radius 3 is 2.46 bits per heavy atom. The third-order valence-electron chi connectivity index (χ3n) is 4.35. The van der Waals surface area contributed by atoms with Crippen LogP contribution in [0.3, 0.4) is 0 Å². The number of benzene rings is 1. The van der Waals surface area contributed by atoms with E-state index in [0.29, 0.717) is 12.1 Å². The van der Waals surface area contributed by atoms with Crippen LogP contribution in [0.4, 0.5) is 18.0 Å². The minimum atomic E-state index is -4.86. The number of Topliss-reactive ketones (excluding diaryl/α,β-unsaturated/α-hetero) is 1. The van der Waals surface area contributed by atoms with Crippen LogP contribution in [-0.4, -0.2) is 52.1 Å². The second-order valence-electron chi connectivity index (χ2n) is 8.54. The van der Waals surface area contributed by atoms with Crippen molar-refractivity contribution in [2.45, 2.75) is 58.0 Å². The van der Waals surface area contributed by atoms with Gasteiger partial charge in [-0.3, -0.25) is 9.59 Å². The number of nitrogens with zero attached hydrogens (tertiary/aromatic N) is 1. The number of halogens is 3. The van der Waals surface area contributed by atoms with Crippen molar-refractivity contribution in [3.8, 4) is 10.6 Å². The third-order valence-corrected chi connectivity index (χ3v) is 6.34. The summed E-state index contributed by atoms with van der Waals surface area (Å²) < 4.78 is 42.2. The summed E-state index contributed by atoms with van der Waals surface area (Å²) in [4.78, 5) is 40.5. The Morgan fingerprint density at radius 2 is 1.83 bits per heavy atom. The lowest BCUT2D eigenvalue weighted by molar-refractivity contribution is -0.167. The lowest BCUT2D eigenvalue weighted by Gasteiger charge is -2.23. The highest BCUT2D eigenvalue weighted by molar-refractivity contribution is 7.99. The number of ketones is 1. The molecule has 1 aromatic heterocycles. The molecule has 2 aromatic rings. The number of aromatic nitrogens is 1. The summed E-state index contributed by atoms with van der Waals surface area (Å²) in [6, 6.07) is 8.62. The number of rotatable bonds is 11. The number of thiazole rings is 1. The van der Waals surface area contributed by atoms with E-state index < -0.39 is 41.4 Å². The van der Waals surface area contributed by atoms with Crippen molar-refractivity contribution < 1.29 is 32.3 Å². The molecule has 2 N–H and O–H groups in total. The van der Waals surface area contributed by atoms with Gasteiger partial charge < -0.3 is 15.4 Å². The molecule has 7 nitrogen and oxygen atoms in total. The lowest BCUT2D eigenvalue weighted by atomic mass is 10.1. The topological polar surface area (TPSA) is 97.4 Å². The second-order valence-corrected chi connectivity index (χ2v) is 10.5. The van der Waals surface area contributed by atoms with Gasteiger partial charge in [0.15, 0.2) is 0 Å². The first kappa shape index (κ1) is 28.6. The molecule has 0 saturated carbocycles. The van der Waals surface area contributed by atoms with Gasteiger partial charge in [0.05, 0.1) is 18.0 Å². The van der Waals surface area contributed by atoms with Crippen molar-refractivity contribution in [2.24, 2.45) is 0 Å². The first-order valence-corrected chi connectivity index (χ1v) is 12.8. The van der Waals surface area contributed by atoms with E-state index in [1.54, 1.807) is 20.8 Å². The third kappa shape index (κ3) is 10.7. The number of alkyl carbamates (subject to hydrolysis) is 1. The van der Waals surface area contributed by atoms with E-state index in [2.05, 4.69) is 15.6 Å². The number of hydrogen-bond acceptors (Lipinski definition) is 7. The van der Waals surface area contributed by atoms with Gasteiger partial charge in [0.25, 0.3) is 0 Å². The van der Waals surface area contributed by atoms with Crippen LogP contribution in [0, 0.1) is 0 Å². The molecule has 0 fully saturated rings. The summed E-state index contributed by atoms with van der Waals surface area (Å²) in [5.74, 6) is -2.75. The fraction of sp³-hybridized carbons (Fsp3) is 0.478. The fourth-order valence-electron chi connectivity index (χ4n) is 2.76. The highest BCUT2D eigenvalue weighted by Gasteiger charge is 2.37. The molecule has 1 atom stereocenters. The number of alkyl halides is 3. The fourth-order valence-corrected chi connectivity index (χ4v) is 4.45. The molecule has 0 unspecified atom stereocenters. The van der Waals surface area contributed by atoms with E-state index in [1.807, 2.05) is 35.7 Å². The van der Waals surface area contributed by atoms with Crippen molar-refractivity contribution in [3.63, 3.8) is 0 Å². The zero-order valence-corrected chi connectivity index (χ0v) is 21.2. The van der Waals surface area contributed by atoms with Gasteiger partial charge in [-0.15, -0.1) is 11.3 Å². The smallest absolute Gasteiger partial charge is 0.444 e. The Balaban J connectivity index is 1.92. The van der Waals surface area contributed by atoms with E-state index in [0.717, 1.165) is 22.3 Å². The summed E-state index contributed by atoms with van der Waals surface area (Å²) in [6.45, 7) is 5.19. The lowest BCUT2D eigenvalue weighted by Crippen LogP contribution is -2.48. The maximum Gasteiger partial charge on any atom is 0.450 e. The van der Waals surface area contributed by atoms with Crippen LogP contribution < -0.4 is 10.6 Å². The Morgan fingerprint density at radius 1 is 1.14 bits per heavy atom. The minimum absolute atomic E-state index is 0.142. The number of ether oxygens (including phenoxy) is 1. The minimum Gasteiger partial charge on any atom is -0.444 e. The van der Waals surface area contributed by atoms with Gasteiger partial charge >= 0.3 is 12.3 Å². The van der Waals surface area contributed by atoms with Crippen LogP contribution in [-0.2, 0) is 20.9 Å². The predicted octanol–water partition coefficient (Wildman–Crippen LogP) is 4.96. The van der Waals surface area contributed by atoms with Gasteiger partial charge in [-0.2, -0.15) is 24.9 Å². The molecule has 2 amide bonds. The highest BCUT2D eigenvalue weighted by Crippen LogP contribution is 2.23. The molecule has 0 aliphatic carbocycles. The van der Waals surface area contributed by atoms with Crippen LogP contribution >= 0.6 is 23.1 Å². The van der Waals surface area contributed by atoms with E-state index in [4.69, 9.17) is 4.74 Å². The number of hydrogen-bond donors (Lipinski definition) is 2. The SMILES string of the molecule is CC(C)(C)OC(=O)N[C@@H](CCCSCC(=O)C(F)(F)F)C(=O)NCc1csc(-c2ccccc2)n1. The van der Waals surface area contributed by atoms with Crippen molar-refractivity contribution in [1.29, 1.82) is 0 Å². The molecular weight excluding hydrogens is 503 g/mol. The van der Waals surface area contributed by atoms with Crippen LogP contribution in [0.5, 0.6) is 0 Å². The average molecular weight is 532 g/mol. The number of nitrogens with one attached hydrogen (secondary N) is 2. The molecule has 0 spiro atoms. The Labute approximate surface area is 210 Å². The Kier molecular flexibility index (Phi) is 10.6. The summed E-state index contributed by atoms with van der Waals surface area (Å²) in [5, 5.41) is 7.89. The molecule has 192 valence electrons. The summed E-state index contributed by atoms with van der Waals surface area (Å²) in [7, 11) is 0. The molecule has 0 saturated heterocycles. The molecule has 0 aliphatic heterocycles. The Bertz CT molecular complexity index is 992. The first-order valence-electron chi connectivity index (χ1n) is 10.8. The van der Waals surface area contributed by atoms with Crippen LogP contribution in [0.1, 0.15) is 39.3 Å². The van der Waals surface area contributed by atoms with Gasteiger partial charge in [0.1, 0.15) is 16.7 Å². The van der Waals surface area contributed by atoms with Crippen molar-refractivity contribution in [3.05, 3.63) is 41.4 Å². The summed E-state index contributed by atoms with van der Waals surface area (Å²) in [5.41, 5.74) is 0.841. The van der Waals surface area contributed by atoms with Crippen molar-refractivity contribution in [2.75, 3.05) is 11.5 Å². The standard InChI is InChI=1S/C23H28F3N3O4S2/c1-22(2,3)33-21(32)29-17(10-7-11-34-14-18(30)23(24,25)26)19(31)27-12-16-13-35-20(28-16)15-8-5-4-6-9-15/h4-6,8-9,13,17H,7,10-12,14H2,1-3H3,(H,27,31)(H,29,32)/t17-/m0/s1. The second kappa shape index (κ2) is 12.9. The number of thioether (sulfide) groups is 1. The first-order chi connectivity index (χ1) is 16.3. The van der Waals surface area contributed by atoms with Gasteiger partial charge in [0.2, 0.25) is 11.7 Å². The summed E-state index contributed by atoms with van der Waals surface area (Å²) >= 11 is 2.27. The van der Waals surface area contributed by atoms with Crippen LogP contribution in [0.25, 0.3) is 10.6 Å². The molecule has 35 heavy (non-hydrogen) atoms. The molecule has 0 aliphatic rings. The van der Waals surface area contributed by atoms with Gasteiger partial charge in [-0.05, 0) is 39.4 Å². The van der Waals surface area contributed by atoms with Gasteiger partial charge in [-0.25, -0.2) is 9.78 Å². The molecule has 1 heterocycles. The molecule has 2 rings (SSSR count). The van der Waals surface area contributed by atoms with Gasteiger partial charge in [-0.1, -0.05) is 30.3 Å². The van der Waals surface area contributed by atoms with Crippen LogP contribution in [0.15, 0.2) is 35.7 Å².